The summed E-state index contributed by atoms with van der Waals surface area (Å²) >= 11 is 0. The molecule has 0 unspecified atom stereocenters. The van der Waals surface area contributed by atoms with Crippen LogP contribution in [0.4, 0.5) is 26.3 Å². The first-order chi connectivity index (χ1) is 14.7. The van der Waals surface area contributed by atoms with Crippen molar-refractivity contribution in [2.24, 2.45) is 0 Å². The summed E-state index contributed by atoms with van der Waals surface area (Å²) in [4.78, 5) is 32.1. The molecule has 0 aliphatic carbocycles. The van der Waals surface area contributed by atoms with E-state index < -0.39 is 67.6 Å². The van der Waals surface area contributed by atoms with E-state index in [0.717, 1.165) is 9.47 Å². The zero-order valence-electron chi connectivity index (χ0n) is 16.0. The van der Waals surface area contributed by atoms with Crippen LogP contribution in [0.25, 0.3) is 0 Å². The van der Waals surface area contributed by atoms with Crippen molar-refractivity contribution in [2.75, 3.05) is 6.54 Å². The quantitative estimate of drug-likeness (QED) is 0.323. The fraction of sp³-hybridized carbons (Fsp3) is 0.438. The molecular formula is C16H16F6N5O4P. The first-order valence-corrected chi connectivity index (χ1v) is 10.6. The maximum absolute atomic E-state index is 13.9. The molecule has 1 aromatic heterocycles. The fourth-order valence-corrected chi connectivity index (χ4v) is 3.97. The number of benzene rings is 1. The Hall–Kier alpha value is -2.48. The summed E-state index contributed by atoms with van der Waals surface area (Å²) in [5.74, 6) is -6.12. The second-order valence-electron chi connectivity index (χ2n) is 7.04. The van der Waals surface area contributed by atoms with Crippen molar-refractivity contribution in [2.45, 2.75) is 38.1 Å². The molecule has 3 rings (SSSR count). The molecule has 32 heavy (non-hydrogen) atoms. The zero-order chi connectivity index (χ0) is 23.8. The molecule has 0 bridgehead atoms. The van der Waals surface area contributed by atoms with E-state index in [2.05, 4.69) is 10.2 Å². The molecule has 0 radical (unpaired) electrons. The summed E-state index contributed by atoms with van der Waals surface area (Å²) in [6.45, 7) is -0.781. The Balaban J connectivity index is 1.75. The van der Waals surface area contributed by atoms with Crippen LogP contribution in [0.2, 0.25) is 0 Å². The first-order valence-electron chi connectivity index (χ1n) is 8.98. The molecule has 1 aliphatic heterocycles. The summed E-state index contributed by atoms with van der Waals surface area (Å²) in [6.07, 6.45) is -5.93. The Bertz CT molecular complexity index is 1070. The highest BCUT2D eigenvalue weighted by Crippen LogP contribution is 2.32. The topological polar surface area (TPSA) is 121 Å². The average Bonchev–Trinajstić information content (AvgIpc) is 3.08. The average molecular weight is 487 g/mol. The van der Waals surface area contributed by atoms with Crippen LogP contribution in [0.5, 0.6) is 0 Å². The summed E-state index contributed by atoms with van der Waals surface area (Å²) in [7, 11) is -4.92. The Morgan fingerprint density at radius 2 is 1.78 bits per heavy atom. The van der Waals surface area contributed by atoms with E-state index in [9.17, 15) is 45.5 Å². The highest BCUT2D eigenvalue weighted by atomic mass is 31.2. The molecule has 176 valence electrons. The van der Waals surface area contributed by atoms with Gasteiger partial charge in [-0.05, 0) is 18.1 Å². The smallest absolute Gasteiger partial charge is 0.333 e. The Morgan fingerprint density at radius 1 is 1.12 bits per heavy atom. The number of amides is 1. The summed E-state index contributed by atoms with van der Waals surface area (Å²) in [6, 6.07) is -0.629. The predicted molar refractivity (Wildman–Crippen MR) is 94.0 cm³/mol. The fourth-order valence-electron chi connectivity index (χ4n) is 3.31. The van der Waals surface area contributed by atoms with Gasteiger partial charge in [0.2, 0.25) is 11.7 Å². The van der Waals surface area contributed by atoms with E-state index in [-0.39, 0.29) is 31.5 Å². The van der Waals surface area contributed by atoms with Crippen molar-refractivity contribution in [1.82, 2.24) is 24.8 Å². The molecule has 1 aliphatic rings. The molecule has 1 amide bonds. The second-order valence-corrected chi connectivity index (χ2v) is 8.39. The lowest BCUT2D eigenvalue weighted by molar-refractivity contribution is -0.148. The summed E-state index contributed by atoms with van der Waals surface area (Å²) in [5, 5.41) is 8.34. The number of hydrogen-bond donors (Lipinski definition) is 3. The number of fused-ring (bicyclic) bond motifs is 1. The lowest BCUT2D eigenvalue weighted by atomic mass is 10.0. The van der Waals surface area contributed by atoms with E-state index >= 15 is 0 Å². The standard InChI is InChI=1S/C16H16F6N5O4P/c17-10-6-12(19)11(18)4-8(10)3-9(25-32(29,30)31)5-14(28)26-1-2-27-13(7-26)23-24-15(27)16(20,21)22/h4,6,9H,1-3,5,7H2,(H3,25,29,30,31)/t9-/m1/s1. The van der Waals surface area contributed by atoms with Gasteiger partial charge in [-0.25, -0.2) is 22.8 Å². The molecule has 0 fully saturated rings. The molecule has 1 atom stereocenters. The third-order valence-electron chi connectivity index (χ3n) is 4.69. The maximum atomic E-state index is 13.9. The minimum atomic E-state index is -4.92. The molecule has 16 heteroatoms. The minimum Gasteiger partial charge on any atom is -0.333 e. The van der Waals surface area contributed by atoms with E-state index in [1.54, 1.807) is 0 Å². The van der Waals surface area contributed by atoms with Crippen molar-refractivity contribution in [1.29, 1.82) is 0 Å². The van der Waals surface area contributed by atoms with Crippen molar-refractivity contribution in [3.63, 3.8) is 0 Å². The number of carbonyl (C=O) groups is 1. The Labute approximate surface area is 176 Å². The lowest BCUT2D eigenvalue weighted by Crippen LogP contribution is -2.42. The summed E-state index contributed by atoms with van der Waals surface area (Å²) < 4.78 is 91.4. The van der Waals surface area contributed by atoms with E-state index in [4.69, 9.17) is 0 Å². The molecule has 0 spiro atoms. The number of aromatic nitrogens is 3. The first kappa shape index (κ1) is 24.2. The van der Waals surface area contributed by atoms with Gasteiger partial charge in [0.05, 0.1) is 6.54 Å². The lowest BCUT2D eigenvalue weighted by Gasteiger charge is -2.29. The minimum absolute atomic E-state index is 0.136. The van der Waals surface area contributed by atoms with Gasteiger partial charge in [0, 0.05) is 31.6 Å². The number of rotatable bonds is 6. The van der Waals surface area contributed by atoms with Crippen LogP contribution in [0.1, 0.15) is 23.6 Å². The van der Waals surface area contributed by atoms with Crippen molar-refractivity contribution >= 4 is 13.7 Å². The van der Waals surface area contributed by atoms with Gasteiger partial charge in [0.1, 0.15) is 5.82 Å². The Morgan fingerprint density at radius 3 is 2.41 bits per heavy atom. The number of nitrogens with one attached hydrogen (secondary N) is 1. The molecule has 3 N–H and O–H groups in total. The number of halogens is 6. The van der Waals surface area contributed by atoms with Crippen LogP contribution in [0, 0.1) is 17.5 Å². The van der Waals surface area contributed by atoms with Gasteiger partial charge in [-0.1, -0.05) is 0 Å². The largest absolute Gasteiger partial charge is 0.451 e. The van der Waals surface area contributed by atoms with Gasteiger partial charge >= 0.3 is 13.9 Å². The zero-order valence-corrected chi connectivity index (χ0v) is 16.9. The number of hydrogen-bond acceptors (Lipinski definition) is 4. The third kappa shape index (κ3) is 5.65. The normalized spacial score (nSPS) is 15.6. The van der Waals surface area contributed by atoms with Crippen molar-refractivity contribution < 1.29 is 45.5 Å². The number of nitrogens with zero attached hydrogens (tertiary/aromatic N) is 4. The molecule has 9 nitrogen and oxygen atoms in total. The predicted octanol–water partition coefficient (Wildman–Crippen LogP) is 1.74. The Kier molecular flexibility index (Phi) is 6.65. The number of carbonyl (C=O) groups excluding carboxylic acids is 1. The van der Waals surface area contributed by atoms with Crippen LogP contribution >= 0.6 is 7.75 Å². The monoisotopic (exact) mass is 487 g/mol. The molecule has 2 aromatic rings. The van der Waals surface area contributed by atoms with Gasteiger partial charge in [-0.3, -0.25) is 4.79 Å². The van der Waals surface area contributed by atoms with Crippen LogP contribution in [0.3, 0.4) is 0 Å². The van der Waals surface area contributed by atoms with Gasteiger partial charge in [-0.15, -0.1) is 10.2 Å². The van der Waals surface area contributed by atoms with Gasteiger partial charge in [0.15, 0.2) is 17.5 Å². The van der Waals surface area contributed by atoms with Crippen LogP contribution < -0.4 is 5.09 Å². The van der Waals surface area contributed by atoms with E-state index in [1.165, 1.54) is 0 Å². The van der Waals surface area contributed by atoms with Gasteiger partial charge in [-0.2, -0.15) is 13.2 Å². The molecule has 0 saturated heterocycles. The highest BCUT2D eigenvalue weighted by Gasteiger charge is 2.40. The number of alkyl halides is 3. The molecular weight excluding hydrogens is 471 g/mol. The van der Waals surface area contributed by atoms with E-state index in [1.807, 2.05) is 5.09 Å². The molecule has 1 aromatic carbocycles. The van der Waals surface area contributed by atoms with Crippen molar-refractivity contribution in [3.8, 4) is 0 Å². The highest BCUT2D eigenvalue weighted by molar-refractivity contribution is 7.49. The van der Waals surface area contributed by atoms with Gasteiger partial charge in [0.25, 0.3) is 0 Å². The van der Waals surface area contributed by atoms with Crippen LogP contribution in [-0.4, -0.2) is 47.9 Å². The second kappa shape index (κ2) is 8.81. The van der Waals surface area contributed by atoms with Crippen LogP contribution in [-0.2, 0) is 35.0 Å². The SMILES string of the molecule is O=C(C[C@@H](Cc1cc(F)c(F)cc1F)NP(=O)(O)O)N1CCn2c(nnc2C(F)(F)F)C1. The molecule has 2 heterocycles. The van der Waals surface area contributed by atoms with E-state index in [0.29, 0.717) is 6.07 Å². The maximum Gasteiger partial charge on any atom is 0.451 e. The summed E-state index contributed by atoms with van der Waals surface area (Å²) in [5.41, 5.74) is -0.434. The molecule has 0 saturated carbocycles. The van der Waals surface area contributed by atoms with Crippen LogP contribution in [0.15, 0.2) is 12.1 Å². The van der Waals surface area contributed by atoms with Gasteiger partial charge < -0.3 is 19.3 Å². The third-order valence-corrected chi connectivity index (χ3v) is 5.39. The van der Waals surface area contributed by atoms with Crippen molar-refractivity contribution in [3.05, 3.63) is 46.8 Å².